The number of benzene rings is 1. The maximum absolute atomic E-state index is 12.5. The van der Waals surface area contributed by atoms with E-state index in [-0.39, 0.29) is 30.2 Å². The van der Waals surface area contributed by atoms with E-state index in [9.17, 15) is 19.2 Å². The SMILES string of the molecule is CCCN(CCC)C(=O)CCCC(=O)NCc1ccc(C(=O)N2CCNC(=O)C2)cc1. The van der Waals surface area contributed by atoms with E-state index in [1.165, 1.54) is 4.90 Å². The van der Waals surface area contributed by atoms with Crippen LogP contribution in [0.25, 0.3) is 0 Å². The predicted molar refractivity (Wildman–Crippen MR) is 118 cm³/mol. The van der Waals surface area contributed by atoms with E-state index in [0.29, 0.717) is 44.5 Å². The van der Waals surface area contributed by atoms with Crippen LogP contribution in [0.2, 0.25) is 0 Å². The highest BCUT2D eigenvalue weighted by atomic mass is 16.2. The Kier molecular flexibility index (Phi) is 10.00. The molecular formula is C23H34N4O4. The van der Waals surface area contributed by atoms with Gasteiger partial charge in [-0.25, -0.2) is 0 Å². The van der Waals surface area contributed by atoms with Gasteiger partial charge in [0.2, 0.25) is 17.7 Å². The molecule has 1 aromatic rings. The lowest BCUT2D eigenvalue weighted by atomic mass is 10.1. The van der Waals surface area contributed by atoms with Crippen molar-refractivity contribution in [1.29, 1.82) is 0 Å². The molecule has 1 aliphatic heterocycles. The van der Waals surface area contributed by atoms with Crippen LogP contribution in [-0.2, 0) is 20.9 Å². The molecule has 31 heavy (non-hydrogen) atoms. The smallest absolute Gasteiger partial charge is 0.254 e. The van der Waals surface area contributed by atoms with Gasteiger partial charge in [0.1, 0.15) is 0 Å². The van der Waals surface area contributed by atoms with E-state index >= 15 is 0 Å². The van der Waals surface area contributed by atoms with E-state index in [2.05, 4.69) is 24.5 Å². The summed E-state index contributed by atoms with van der Waals surface area (Å²) in [5.74, 6) is -0.299. The maximum atomic E-state index is 12.5. The Hall–Kier alpha value is -2.90. The lowest BCUT2D eigenvalue weighted by molar-refractivity contribution is -0.131. The van der Waals surface area contributed by atoms with Gasteiger partial charge in [0.05, 0.1) is 6.54 Å². The van der Waals surface area contributed by atoms with Gasteiger partial charge in [-0.05, 0) is 37.0 Å². The average molecular weight is 431 g/mol. The lowest BCUT2D eigenvalue weighted by Crippen LogP contribution is -2.49. The highest BCUT2D eigenvalue weighted by Gasteiger charge is 2.22. The Morgan fingerprint density at radius 1 is 1.06 bits per heavy atom. The summed E-state index contributed by atoms with van der Waals surface area (Å²) in [6.45, 7) is 7.05. The first kappa shape index (κ1) is 24.4. The summed E-state index contributed by atoms with van der Waals surface area (Å²) >= 11 is 0. The molecule has 170 valence electrons. The Labute approximate surface area is 184 Å². The molecule has 1 heterocycles. The van der Waals surface area contributed by atoms with Gasteiger partial charge >= 0.3 is 0 Å². The molecule has 0 saturated carbocycles. The van der Waals surface area contributed by atoms with E-state index < -0.39 is 0 Å². The fourth-order valence-electron chi connectivity index (χ4n) is 3.51. The van der Waals surface area contributed by atoms with Crippen molar-refractivity contribution >= 4 is 23.6 Å². The second kappa shape index (κ2) is 12.7. The van der Waals surface area contributed by atoms with Gasteiger partial charge in [-0.2, -0.15) is 0 Å². The third-order valence-electron chi connectivity index (χ3n) is 5.15. The molecule has 0 spiro atoms. The average Bonchev–Trinajstić information content (AvgIpc) is 2.77. The molecule has 1 fully saturated rings. The minimum absolute atomic E-state index is 0.0772. The van der Waals surface area contributed by atoms with Gasteiger partial charge in [-0.3, -0.25) is 19.2 Å². The molecule has 0 radical (unpaired) electrons. The Morgan fingerprint density at radius 2 is 1.74 bits per heavy atom. The zero-order chi connectivity index (χ0) is 22.6. The monoisotopic (exact) mass is 430 g/mol. The summed E-state index contributed by atoms with van der Waals surface area (Å²) in [6, 6.07) is 7.03. The van der Waals surface area contributed by atoms with Crippen LogP contribution in [0.5, 0.6) is 0 Å². The molecule has 0 bridgehead atoms. The summed E-state index contributed by atoms with van der Waals surface area (Å²) in [6.07, 6.45) is 3.10. The van der Waals surface area contributed by atoms with Crippen LogP contribution in [0.3, 0.4) is 0 Å². The van der Waals surface area contributed by atoms with E-state index in [0.717, 1.165) is 31.5 Å². The molecule has 1 saturated heterocycles. The molecule has 0 aromatic heterocycles. The summed E-state index contributed by atoms with van der Waals surface area (Å²) in [7, 11) is 0. The first-order valence-corrected chi connectivity index (χ1v) is 11.1. The van der Waals surface area contributed by atoms with Crippen LogP contribution >= 0.6 is 0 Å². The first-order chi connectivity index (χ1) is 14.9. The van der Waals surface area contributed by atoms with Crippen LogP contribution in [0.4, 0.5) is 0 Å². The van der Waals surface area contributed by atoms with Crippen molar-refractivity contribution < 1.29 is 19.2 Å². The zero-order valence-electron chi connectivity index (χ0n) is 18.6. The van der Waals surface area contributed by atoms with E-state index in [4.69, 9.17) is 0 Å². The minimum Gasteiger partial charge on any atom is -0.353 e. The second-order valence-electron chi connectivity index (χ2n) is 7.78. The normalized spacial score (nSPS) is 13.5. The van der Waals surface area contributed by atoms with E-state index in [1.807, 2.05) is 4.90 Å². The van der Waals surface area contributed by atoms with Gasteiger partial charge in [0, 0.05) is 51.1 Å². The lowest BCUT2D eigenvalue weighted by Gasteiger charge is -2.26. The molecule has 0 atom stereocenters. The molecule has 2 rings (SSSR count). The number of carbonyl (C=O) groups is 4. The Balaban J connectivity index is 1.72. The van der Waals surface area contributed by atoms with E-state index in [1.54, 1.807) is 24.3 Å². The summed E-state index contributed by atoms with van der Waals surface area (Å²) < 4.78 is 0. The van der Waals surface area contributed by atoms with Crippen LogP contribution in [-0.4, -0.2) is 66.2 Å². The molecule has 4 amide bonds. The fourth-order valence-corrected chi connectivity index (χ4v) is 3.51. The largest absolute Gasteiger partial charge is 0.353 e. The van der Waals surface area contributed by atoms with Gasteiger partial charge < -0.3 is 20.4 Å². The number of nitrogens with one attached hydrogen (secondary N) is 2. The van der Waals surface area contributed by atoms with Crippen molar-refractivity contribution in [2.24, 2.45) is 0 Å². The fraction of sp³-hybridized carbons (Fsp3) is 0.565. The van der Waals surface area contributed by atoms with Crippen molar-refractivity contribution in [3.05, 3.63) is 35.4 Å². The van der Waals surface area contributed by atoms with Crippen molar-refractivity contribution in [1.82, 2.24) is 20.4 Å². The van der Waals surface area contributed by atoms with Crippen molar-refractivity contribution in [2.45, 2.75) is 52.5 Å². The molecule has 1 aromatic carbocycles. The predicted octanol–water partition coefficient (Wildman–Crippen LogP) is 1.69. The van der Waals surface area contributed by atoms with Crippen molar-refractivity contribution in [3.63, 3.8) is 0 Å². The van der Waals surface area contributed by atoms with Gasteiger partial charge in [0.25, 0.3) is 5.91 Å². The summed E-state index contributed by atoms with van der Waals surface area (Å²) in [5, 5.41) is 5.56. The number of hydrogen-bond donors (Lipinski definition) is 2. The third kappa shape index (κ3) is 8.03. The molecule has 8 nitrogen and oxygen atoms in total. The molecular weight excluding hydrogens is 396 g/mol. The highest BCUT2D eigenvalue weighted by Crippen LogP contribution is 2.09. The van der Waals surface area contributed by atoms with Gasteiger partial charge in [-0.1, -0.05) is 26.0 Å². The minimum atomic E-state index is -0.171. The van der Waals surface area contributed by atoms with Crippen LogP contribution in [0.1, 0.15) is 61.9 Å². The number of nitrogens with zero attached hydrogens (tertiary/aromatic N) is 2. The maximum Gasteiger partial charge on any atom is 0.254 e. The molecule has 0 aliphatic carbocycles. The first-order valence-electron chi connectivity index (χ1n) is 11.1. The zero-order valence-corrected chi connectivity index (χ0v) is 18.6. The second-order valence-corrected chi connectivity index (χ2v) is 7.78. The number of carbonyl (C=O) groups excluding carboxylic acids is 4. The number of hydrogen-bond acceptors (Lipinski definition) is 4. The van der Waals surface area contributed by atoms with Crippen LogP contribution in [0, 0.1) is 0 Å². The van der Waals surface area contributed by atoms with Crippen LogP contribution in [0.15, 0.2) is 24.3 Å². The number of rotatable bonds is 11. The third-order valence-corrected chi connectivity index (χ3v) is 5.15. The molecule has 2 N–H and O–H groups in total. The standard InChI is InChI=1S/C23H34N4O4/c1-3-13-26(14-4-2)22(30)7-5-6-20(28)25-16-18-8-10-19(11-9-18)23(31)27-15-12-24-21(29)17-27/h8-11H,3-7,12-17H2,1-2H3,(H,24,29)(H,25,28). The van der Waals surface area contributed by atoms with Crippen LogP contribution < -0.4 is 10.6 Å². The Bertz CT molecular complexity index is 757. The highest BCUT2D eigenvalue weighted by molar-refractivity contribution is 5.97. The van der Waals surface area contributed by atoms with Gasteiger partial charge in [-0.15, -0.1) is 0 Å². The number of amides is 4. The number of piperazine rings is 1. The molecule has 1 aliphatic rings. The Morgan fingerprint density at radius 3 is 2.35 bits per heavy atom. The summed E-state index contributed by atoms with van der Waals surface area (Å²) in [5.41, 5.74) is 1.40. The van der Waals surface area contributed by atoms with Gasteiger partial charge in [0.15, 0.2) is 0 Å². The van der Waals surface area contributed by atoms with Crippen molar-refractivity contribution in [2.75, 3.05) is 32.7 Å². The molecule has 8 heteroatoms. The van der Waals surface area contributed by atoms with Crippen molar-refractivity contribution in [3.8, 4) is 0 Å². The quantitative estimate of drug-likeness (QED) is 0.558. The topological polar surface area (TPSA) is 98.8 Å². The summed E-state index contributed by atoms with van der Waals surface area (Å²) in [4.78, 5) is 51.7. The molecule has 0 unspecified atom stereocenters.